The smallest absolute Gasteiger partial charge is 0.354 e. The van der Waals surface area contributed by atoms with Crippen molar-refractivity contribution < 1.29 is 9.90 Å². The maximum absolute atomic E-state index is 10.8. The predicted molar refractivity (Wildman–Crippen MR) is 63.3 cm³/mol. The van der Waals surface area contributed by atoms with E-state index >= 15 is 0 Å². The van der Waals surface area contributed by atoms with Gasteiger partial charge in [-0.05, 0) is 12.1 Å². The van der Waals surface area contributed by atoms with E-state index in [1.54, 1.807) is 18.3 Å². The number of carbonyl (C=O) groups is 1. The Bertz CT molecular complexity index is 673. The van der Waals surface area contributed by atoms with Gasteiger partial charge >= 0.3 is 5.97 Å². The number of nitrogens with zero attached hydrogens (tertiary/aromatic N) is 3. The Morgan fingerprint density at radius 2 is 2.29 bits per heavy atom. The fraction of sp³-hybridized carbons (Fsp3) is 0. The fourth-order valence-corrected chi connectivity index (χ4v) is 2.45. The lowest BCUT2D eigenvalue weighted by atomic mass is 10.3. The largest absolute Gasteiger partial charge is 0.477 e. The number of aromatic carboxylic acids is 1. The Balaban J connectivity index is 2.12. The van der Waals surface area contributed by atoms with E-state index in [-0.39, 0.29) is 5.69 Å². The predicted octanol–water partition coefficient (Wildman–Crippen LogP) is 2.16. The Labute approximate surface area is 100 Å². The van der Waals surface area contributed by atoms with Gasteiger partial charge in [-0.2, -0.15) is 0 Å². The quantitative estimate of drug-likeness (QED) is 0.751. The maximum Gasteiger partial charge on any atom is 0.354 e. The van der Waals surface area contributed by atoms with Crippen LogP contribution in [0.4, 0.5) is 0 Å². The molecular weight excluding hydrogens is 238 g/mol. The van der Waals surface area contributed by atoms with Crippen LogP contribution >= 0.6 is 11.3 Å². The Hall–Kier alpha value is -2.21. The van der Waals surface area contributed by atoms with E-state index in [2.05, 4.69) is 9.97 Å². The minimum absolute atomic E-state index is 0.0496. The number of hydrogen-bond donors (Lipinski definition) is 1. The molecule has 0 bridgehead atoms. The monoisotopic (exact) mass is 245 g/mol. The third-order valence-electron chi connectivity index (χ3n) is 2.31. The van der Waals surface area contributed by atoms with Gasteiger partial charge < -0.3 is 5.11 Å². The lowest BCUT2D eigenvalue weighted by Crippen LogP contribution is -1.99. The molecule has 0 unspecified atom stereocenters. The molecule has 84 valence electrons. The SMILES string of the molecule is O=C(O)c1cccc(-c2cn3ccnc3s2)n1. The number of carboxylic acids is 1. The van der Waals surface area contributed by atoms with Gasteiger partial charge in [0.25, 0.3) is 0 Å². The highest BCUT2D eigenvalue weighted by Crippen LogP contribution is 2.26. The van der Waals surface area contributed by atoms with Gasteiger partial charge in [-0.3, -0.25) is 4.40 Å². The van der Waals surface area contributed by atoms with Crippen molar-refractivity contribution in [1.29, 1.82) is 0 Å². The molecule has 0 saturated heterocycles. The number of imidazole rings is 1. The molecule has 0 spiro atoms. The molecule has 3 aromatic rings. The summed E-state index contributed by atoms with van der Waals surface area (Å²) in [5.41, 5.74) is 0.703. The van der Waals surface area contributed by atoms with Crippen molar-refractivity contribution in [2.24, 2.45) is 0 Å². The van der Waals surface area contributed by atoms with Crippen molar-refractivity contribution in [2.45, 2.75) is 0 Å². The zero-order chi connectivity index (χ0) is 11.8. The molecular formula is C11H7N3O2S. The maximum atomic E-state index is 10.8. The summed E-state index contributed by atoms with van der Waals surface area (Å²) in [5, 5.41) is 8.88. The number of fused-ring (bicyclic) bond motifs is 1. The second kappa shape index (κ2) is 3.67. The van der Waals surface area contributed by atoms with E-state index in [1.807, 2.05) is 16.8 Å². The van der Waals surface area contributed by atoms with E-state index < -0.39 is 5.97 Å². The third kappa shape index (κ3) is 1.68. The summed E-state index contributed by atoms with van der Waals surface area (Å²) in [7, 11) is 0. The van der Waals surface area contributed by atoms with Crippen LogP contribution in [0.5, 0.6) is 0 Å². The first-order valence-electron chi connectivity index (χ1n) is 4.87. The van der Waals surface area contributed by atoms with Gasteiger partial charge in [0, 0.05) is 18.6 Å². The first-order chi connectivity index (χ1) is 8.24. The molecule has 1 N–H and O–H groups in total. The molecule has 0 aliphatic heterocycles. The Morgan fingerprint density at radius 3 is 3.06 bits per heavy atom. The number of thiazole rings is 1. The van der Waals surface area contributed by atoms with Crippen LogP contribution in [-0.4, -0.2) is 25.4 Å². The van der Waals surface area contributed by atoms with E-state index in [1.165, 1.54) is 17.4 Å². The molecule has 0 radical (unpaired) electrons. The molecule has 0 saturated carbocycles. The van der Waals surface area contributed by atoms with Crippen LogP contribution in [-0.2, 0) is 0 Å². The Morgan fingerprint density at radius 1 is 1.41 bits per heavy atom. The summed E-state index contributed by atoms with van der Waals surface area (Å²) >= 11 is 1.47. The van der Waals surface area contributed by atoms with E-state index in [9.17, 15) is 4.79 Å². The normalized spacial score (nSPS) is 10.8. The van der Waals surface area contributed by atoms with Gasteiger partial charge in [0.1, 0.15) is 5.69 Å². The van der Waals surface area contributed by atoms with E-state index in [4.69, 9.17) is 5.11 Å². The van der Waals surface area contributed by atoms with Crippen molar-refractivity contribution in [3.05, 3.63) is 42.5 Å². The second-order valence-electron chi connectivity index (χ2n) is 3.43. The number of rotatable bonds is 2. The first-order valence-corrected chi connectivity index (χ1v) is 5.69. The van der Waals surface area contributed by atoms with Crippen LogP contribution in [0.1, 0.15) is 10.5 Å². The molecule has 3 rings (SSSR count). The van der Waals surface area contributed by atoms with Crippen LogP contribution in [0.3, 0.4) is 0 Å². The zero-order valence-electron chi connectivity index (χ0n) is 8.57. The molecule has 0 aliphatic carbocycles. The highest BCUT2D eigenvalue weighted by atomic mass is 32.1. The van der Waals surface area contributed by atoms with Crippen LogP contribution in [0.15, 0.2) is 36.8 Å². The van der Waals surface area contributed by atoms with E-state index in [0.29, 0.717) is 5.69 Å². The molecule has 3 heterocycles. The average molecular weight is 245 g/mol. The van der Waals surface area contributed by atoms with Gasteiger partial charge in [-0.15, -0.1) is 0 Å². The van der Waals surface area contributed by atoms with Gasteiger partial charge in [0.2, 0.25) is 0 Å². The molecule has 3 aromatic heterocycles. The summed E-state index contributed by atoms with van der Waals surface area (Å²) in [6.07, 6.45) is 5.45. The highest BCUT2D eigenvalue weighted by Gasteiger charge is 2.09. The van der Waals surface area contributed by atoms with Gasteiger partial charge in [-0.25, -0.2) is 14.8 Å². The van der Waals surface area contributed by atoms with Gasteiger partial charge in [0.05, 0.1) is 10.6 Å². The molecule has 5 nitrogen and oxygen atoms in total. The van der Waals surface area contributed by atoms with Crippen molar-refractivity contribution >= 4 is 22.3 Å². The third-order valence-corrected chi connectivity index (χ3v) is 3.34. The molecule has 0 aromatic carbocycles. The number of pyridine rings is 1. The van der Waals surface area contributed by atoms with Gasteiger partial charge in [-0.1, -0.05) is 17.4 Å². The van der Waals surface area contributed by atoms with Crippen LogP contribution in [0.25, 0.3) is 15.5 Å². The van der Waals surface area contributed by atoms with Crippen LogP contribution < -0.4 is 0 Å². The zero-order valence-corrected chi connectivity index (χ0v) is 9.39. The van der Waals surface area contributed by atoms with Crippen molar-refractivity contribution in [1.82, 2.24) is 14.4 Å². The minimum atomic E-state index is -1.02. The topological polar surface area (TPSA) is 67.5 Å². The number of hydrogen-bond acceptors (Lipinski definition) is 4. The summed E-state index contributed by atoms with van der Waals surface area (Å²) in [5.74, 6) is -1.02. The second-order valence-corrected chi connectivity index (χ2v) is 4.43. The summed E-state index contributed by atoms with van der Waals surface area (Å²) in [6, 6.07) is 4.95. The van der Waals surface area contributed by atoms with Crippen molar-refractivity contribution in [3.63, 3.8) is 0 Å². The molecule has 0 atom stereocenters. The molecule has 6 heteroatoms. The minimum Gasteiger partial charge on any atom is -0.477 e. The number of carboxylic acid groups (broad SMARTS) is 1. The molecule has 0 amide bonds. The summed E-state index contributed by atoms with van der Waals surface area (Å²) < 4.78 is 1.88. The standard InChI is InChI=1S/C11H7N3O2S/c15-10(16)8-3-1-2-7(13-8)9-6-14-5-4-12-11(14)17-9/h1-6H,(H,15,16). The summed E-state index contributed by atoms with van der Waals surface area (Å²) in [4.78, 5) is 20.8. The molecule has 0 aliphatic rings. The Kier molecular flexibility index (Phi) is 2.15. The molecule has 0 fully saturated rings. The summed E-state index contributed by atoms with van der Waals surface area (Å²) in [6.45, 7) is 0. The lowest BCUT2D eigenvalue weighted by molar-refractivity contribution is 0.0690. The lowest BCUT2D eigenvalue weighted by Gasteiger charge is -1.97. The van der Waals surface area contributed by atoms with E-state index in [0.717, 1.165) is 9.84 Å². The average Bonchev–Trinajstić information content (AvgIpc) is 2.89. The molecule has 17 heavy (non-hydrogen) atoms. The van der Waals surface area contributed by atoms with Crippen molar-refractivity contribution in [3.8, 4) is 10.6 Å². The van der Waals surface area contributed by atoms with Crippen LogP contribution in [0.2, 0.25) is 0 Å². The van der Waals surface area contributed by atoms with Crippen molar-refractivity contribution in [2.75, 3.05) is 0 Å². The van der Waals surface area contributed by atoms with Gasteiger partial charge in [0.15, 0.2) is 4.96 Å². The highest BCUT2D eigenvalue weighted by molar-refractivity contribution is 7.20. The number of aromatic nitrogens is 3. The van der Waals surface area contributed by atoms with Crippen LogP contribution in [0, 0.1) is 0 Å². The first kappa shape index (κ1) is 9.98. The fourth-order valence-electron chi connectivity index (χ4n) is 1.54.